The monoisotopic (exact) mass is 271 g/mol. The van der Waals surface area contributed by atoms with Crippen molar-refractivity contribution in [2.45, 2.75) is 72.6 Å². The van der Waals surface area contributed by atoms with E-state index in [1.54, 1.807) is 0 Å². The van der Waals surface area contributed by atoms with Gasteiger partial charge in [0.05, 0.1) is 5.69 Å². The fourth-order valence-corrected chi connectivity index (χ4v) is 3.11. The second-order valence-corrected chi connectivity index (χ2v) is 6.82. The summed E-state index contributed by atoms with van der Waals surface area (Å²) in [5, 5.41) is 0. The van der Waals surface area contributed by atoms with Crippen molar-refractivity contribution in [2.75, 3.05) is 0 Å². The van der Waals surface area contributed by atoms with E-state index < -0.39 is 0 Å². The first-order chi connectivity index (χ1) is 9.54. The van der Waals surface area contributed by atoms with Crippen LogP contribution in [-0.2, 0) is 6.42 Å². The molecule has 0 heterocycles. The van der Waals surface area contributed by atoms with Crippen molar-refractivity contribution in [1.82, 2.24) is 0 Å². The molecule has 0 N–H and O–H groups in total. The minimum Gasteiger partial charge on any atom is -0.258 e. The van der Waals surface area contributed by atoms with Crippen LogP contribution in [0.2, 0.25) is 0 Å². The van der Waals surface area contributed by atoms with Crippen molar-refractivity contribution in [3.8, 4) is 0 Å². The average molecular weight is 271 g/mol. The smallest absolute Gasteiger partial charge is 0.0660 e. The Balaban J connectivity index is 2.03. The maximum Gasteiger partial charge on any atom is 0.0660 e. The molecule has 0 atom stereocenters. The van der Waals surface area contributed by atoms with Crippen LogP contribution >= 0.6 is 0 Å². The molecule has 1 saturated carbocycles. The zero-order valence-electron chi connectivity index (χ0n) is 13.6. The van der Waals surface area contributed by atoms with E-state index in [4.69, 9.17) is 4.99 Å². The molecule has 0 unspecified atom stereocenters. The summed E-state index contributed by atoms with van der Waals surface area (Å²) >= 11 is 0. The molecular weight excluding hydrogens is 242 g/mol. The Morgan fingerprint density at radius 2 is 2.05 bits per heavy atom. The van der Waals surface area contributed by atoms with Gasteiger partial charge in [0.15, 0.2) is 0 Å². The Morgan fingerprint density at radius 3 is 2.65 bits per heavy atom. The largest absolute Gasteiger partial charge is 0.258 e. The van der Waals surface area contributed by atoms with Crippen LogP contribution in [0.25, 0.3) is 0 Å². The summed E-state index contributed by atoms with van der Waals surface area (Å²) in [7, 11) is 0. The molecule has 0 amide bonds. The van der Waals surface area contributed by atoms with Gasteiger partial charge in [-0.2, -0.15) is 0 Å². The Kier molecular flexibility index (Phi) is 5.01. The molecule has 1 aromatic carbocycles. The molecule has 0 radical (unpaired) electrons. The summed E-state index contributed by atoms with van der Waals surface area (Å²) < 4.78 is 0. The quantitative estimate of drug-likeness (QED) is 0.562. The molecule has 0 spiro atoms. The molecule has 110 valence electrons. The summed E-state index contributed by atoms with van der Waals surface area (Å²) in [5.41, 5.74) is 5.88. The maximum absolute atomic E-state index is 4.88. The minimum atomic E-state index is 0.607. The highest BCUT2D eigenvalue weighted by Crippen LogP contribution is 2.44. The third-order valence-corrected chi connectivity index (χ3v) is 4.90. The zero-order chi connectivity index (χ0) is 14.6. The van der Waals surface area contributed by atoms with E-state index in [0.717, 1.165) is 12.8 Å². The predicted molar refractivity (Wildman–Crippen MR) is 89.1 cm³/mol. The van der Waals surface area contributed by atoms with Gasteiger partial charge in [-0.15, -0.1) is 0 Å². The first kappa shape index (κ1) is 15.3. The number of aliphatic imine (C=N–C) groups is 1. The number of hydrogen-bond acceptors (Lipinski definition) is 1. The molecule has 0 aromatic heterocycles. The highest BCUT2D eigenvalue weighted by atomic mass is 14.7. The summed E-state index contributed by atoms with van der Waals surface area (Å²) in [6.07, 6.45) is 9.04. The van der Waals surface area contributed by atoms with Gasteiger partial charge >= 0.3 is 0 Å². The average Bonchev–Trinajstić information content (AvgIpc) is 2.39. The van der Waals surface area contributed by atoms with E-state index in [2.05, 4.69) is 45.9 Å². The minimum absolute atomic E-state index is 0.607. The van der Waals surface area contributed by atoms with Crippen LogP contribution in [0.1, 0.15) is 70.4 Å². The molecule has 1 nitrogen and oxygen atoms in total. The zero-order valence-corrected chi connectivity index (χ0v) is 13.6. The van der Waals surface area contributed by atoms with Gasteiger partial charge < -0.3 is 0 Å². The van der Waals surface area contributed by atoms with Crippen molar-refractivity contribution < 1.29 is 0 Å². The third kappa shape index (κ3) is 3.71. The van der Waals surface area contributed by atoms with Gasteiger partial charge in [-0.05, 0) is 68.6 Å². The van der Waals surface area contributed by atoms with E-state index in [0.29, 0.717) is 5.41 Å². The fraction of sp³-hybridized carbons (Fsp3) is 0.632. The molecule has 0 bridgehead atoms. The number of hydrogen-bond donors (Lipinski definition) is 0. The fourth-order valence-electron chi connectivity index (χ4n) is 3.11. The number of aryl methyl sites for hydroxylation is 1. The van der Waals surface area contributed by atoms with Crippen molar-refractivity contribution in [3.05, 3.63) is 29.3 Å². The SMILES string of the molecule is CCCc1cccc(N=C(C)CCC2(C)CCC2)c1C. The second kappa shape index (κ2) is 6.56. The standard InChI is InChI=1S/C19H29N/c1-5-8-17-9-6-10-18(16(17)3)20-15(2)11-14-19(4)12-7-13-19/h6,9-10H,5,7-8,11-14H2,1-4H3. The topological polar surface area (TPSA) is 12.4 Å². The van der Waals surface area contributed by atoms with Gasteiger partial charge in [0, 0.05) is 5.71 Å². The number of nitrogens with zero attached hydrogens (tertiary/aromatic N) is 1. The lowest BCUT2D eigenvalue weighted by Gasteiger charge is -2.38. The number of benzene rings is 1. The molecule has 1 heteroatoms. The van der Waals surface area contributed by atoms with Crippen molar-refractivity contribution in [1.29, 1.82) is 0 Å². The first-order valence-corrected chi connectivity index (χ1v) is 8.17. The van der Waals surface area contributed by atoms with E-state index >= 15 is 0 Å². The van der Waals surface area contributed by atoms with Crippen molar-refractivity contribution >= 4 is 11.4 Å². The van der Waals surface area contributed by atoms with E-state index in [-0.39, 0.29) is 0 Å². The molecular formula is C19H29N. The van der Waals surface area contributed by atoms with Crippen LogP contribution in [0, 0.1) is 12.3 Å². The van der Waals surface area contributed by atoms with Gasteiger partial charge in [-0.3, -0.25) is 4.99 Å². The molecule has 20 heavy (non-hydrogen) atoms. The Morgan fingerprint density at radius 1 is 1.30 bits per heavy atom. The number of rotatable bonds is 6. The van der Waals surface area contributed by atoms with Crippen LogP contribution in [0.4, 0.5) is 5.69 Å². The van der Waals surface area contributed by atoms with Gasteiger partial charge in [-0.1, -0.05) is 38.8 Å². The summed E-state index contributed by atoms with van der Waals surface area (Å²) in [4.78, 5) is 4.88. The van der Waals surface area contributed by atoms with E-state index in [1.165, 1.54) is 54.6 Å². The van der Waals surface area contributed by atoms with Gasteiger partial charge in [-0.25, -0.2) is 0 Å². The second-order valence-electron chi connectivity index (χ2n) is 6.82. The van der Waals surface area contributed by atoms with Crippen LogP contribution in [-0.4, -0.2) is 5.71 Å². The highest BCUT2D eigenvalue weighted by Gasteiger charge is 2.30. The van der Waals surface area contributed by atoms with E-state index in [1.807, 2.05) is 0 Å². The maximum atomic E-state index is 4.88. The van der Waals surface area contributed by atoms with Crippen LogP contribution in [0.15, 0.2) is 23.2 Å². The lowest BCUT2D eigenvalue weighted by atomic mass is 9.67. The molecule has 1 aliphatic carbocycles. The lowest BCUT2D eigenvalue weighted by Crippen LogP contribution is -2.25. The Bertz CT molecular complexity index is 481. The lowest BCUT2D eigenvalue weighted by molar-refractivity contribution is 0.150. The van der Waals surface area contributed by atoms with Crippen LogP contribution in [0.5, 0.6) is 0 Å². The molecule has 2 rings (SSSR count). The molecule has 0 saturated heterocycles. The summed E-state index contributed by atoms with van der Waals surface area (Å²) in [6.45, 7) is 9.06. The highest BCUT2D eigenvalue weighted by molar-refractivity contribution is 5.85. The normalized spacial score (nSPS) is 17.9. The van der Waals surface area contributed by atoms with Gasteiger partial charge in [0.2, 0.25) is 0 Å². The van der Waals surface area contributed by atoms with Gasteiger partial charge in [0.25, 0.3) is 0 Å². The molecule has 1 fully saturated rings. The molecule has 0 aliphatic heterocycles. The molecule has 1 aliphatic rings. The van der Waals surface area contributed by atoms with Gasteiger partial charge in [0.1, 0.15) is 0 Å². The Hall–Kier alpha value is -1.11. The van der Waals surface area contributed by atoms with Crippen molar-refractivity contribution in [3.63, 3.8) is 0 Å². The predicted octanol–water partition coefficient (Wildman–Crippen LogP) is 6.01. The third-order valence-electron chi connectivity index (χ3n) is 4.90. The Labute approximate surface area is 124 Å². The summed E-state index contributed by atoms with van der Waals surface area (Å²) in [5.74, 6) is 0. The van der Waals surface area contributed by atoms with Crippen LogP contribution < -0.4 is 0 Å². The van der Waals surface area contributed by atoms with Crippen LogP contribution in [0.3, 0.4) is 0 Å². The van der Waals surface area contributed by atoms with Crippen molar-refractivity contribution in [2.24, 2.45) is 10.4 Å². The van der Waals surface area contributed by atoms with E-state index in [9.17, 15) is 0 Å². The molecule has 1 aromatic rings. The first-order valence-electron chi connectivity index (χ1n) is 8.17. The summed E-state index contributed by atoms with van der Waals surface area (Å²) in [6, 6.07) is 6.54.